The van der Waals surface area contributed by atoms with Crippen LogP contribution in [0.3, 0.4) is 0 Å². The van der Waals surface area contributed by atoms with Crippen LogP contribution in [0.25, 0.3) is 0 Å². The van der Waals surface area contributed by atoms with Crippen molar-refractivity contribution in [3.63, 3.8) is 0 Å². The Labute approximate surface area is 80.7 Å². The molecule has 1 aliphatic rings. The van der Waals surface area contributed by atoms with E-state index in [4.69, 9.17) is 0 Å². The summed E-state index contributed by atoms with van der Waals surface area (Å²) in [5.41, 5.74) is 0. The highest BCUT2D eigenvalue weighted by molar-refractivity contribution is 5.74. The van der Waals surface area contributed by atoms with Crippen LogP contribution >= 0.6 is 0 Å². The fourth-order valence-electron chi connectivity index (χ4n) is 1.85. The smallest absolute Gasteiger partial charge is 0.319 e. The van der Waals surface area contributed by atoms with Gasteiger partial charge in [0.15, 0.2) is 0 Å². The number of carbonyl (C=O) groups excluding carboxylic acids is 1. The monoisotopic (exact) mass is 184 g/mol. The van der Waals surface area contributed by atoms with E-state index in [2.05, 4.69) is 0 Å². The summed E-state index contributed by atoms with van der Waals surface area (Å²) in [5.74, 6) is 0. The Morgan fingerprint density at radius 2 is 1.85 bits per heavy atom. The highest BCUT2D eigenvalue weighted by Crippen LogP contribution is 2.22. The zero-order valence-electron chi connectivity index (χ0n) is 8.92. The minimum absolute atomic E-state index is 0.161. The summed E-state index contributed by atoms with van der Waals surface area (Å²) in [7, 11) is 3.78. The van der Waals surface area contributed by atoms with Crippen molar-refractivity contribution in [2.45, 2.75) is 38.6 Å². The number of hydrogen-bond donors (Lipinski definition) is 0. The molecule has 0 aliphatic heterocycles. The minimum atomic E-state index is 0.161. The molecule has 0 spiro atoms. The van der Waals surface area contributed by atoms with E-state index >= 15 is 0 Å². The van der Waals surface area contributed by atoms with Crippen LogP contribution in [0.4, 0.5) is 4.79 Å². The lowest BCUT2D eigenvalue weighted by Crippen LogP contribution is -2.43. The summed E-state index contributed by atoms with van der Waals surface area (Å²) in [4.78, 5) is 15.4. The lowest BCUT2D eigenvalue weighted by molar-refractivity contribution is 0.158. The molecule has 1 rings (SSSR count). The van der Waals surface area contributed by atoms with Gasteiger partial charge in [0.25, 0.3) is 0 Å². The van der Waals surface area contributed by atoms with Crippen LogP contribution < -0.4 is 0 Å². The van der Waals surface area contributed by atoms with Crippen LogP contribution in [0.1, 0.15) is 32.6 Å². The Balaban J connectivity index is 2.45. The Hall–Kier alpha value is -0.730. The lowest BCUT2D eigenvalue weighted by atomic mass is 10.2. The predicted molar refractivity (Wildman–Crippen MR) is 53.7 cm³/mol. The van der Waals surface area contributed by atoms with E-state index in [9.17, 15) is 4.79 Å². The van der Waals surface area contributed by atoms with E-state index in [1.165, 1.54) is 25.7 Å². The summed E-state index contributed by atoms with van der Waals surface area (Å²) in [5, 5.41) is 0. The second kappa shape index (κ2) is 4.49. The summed E-state index contributed by atoms with van der Waals surface area (Å²) in [6, 6.07) is 0.649. The Kier molecular flexibility index (Phi) is 3.58. The van der Waals surface area contributed by atoms with Gasteiger partial charge in [-0.05, 0) is 19.8 Å². The lowest BCUT2D eigenvalue weighted by Gasteiger charge is -2.28. The van der Waals surface area contributed by atoms with Crippen LogP contribution in [0, 0.1) is 0 Å². The van der Waals surface area contributed by atoms with E-state index < -0.39 is 0 Å². The van der Waals surface area contributed by atoms with Gasteiger partial charge in [0.1, 0.15) is 0 Å². The van der Waals surface area contributed by atoms with E-state index in [1.54, 1.807) is 4.90 Å². The Morgan fingerprint density at radius 1 is 1.31 bits per heavy atom. The van der Waals surface area contributed by atoms with Gasteiger partial charge >= 0.3 is 6.03 Å². The molecule has 0 radical (unpaired) electrons. The first-order chi connectivity index (χ1) is 6.16. The summed E-state index contributed by atoms with van der Waals surface area (Å²) >= 11 is 0. The molecule has 0 aromatic rings. The largest absolute Gasteiger partial charge is 0.328 e. The normalized spacial score (nSPS) is 17.5. The maximum atomic E-state index is 11.7. The third-order valence-electron chi connectivity index (χ3n) is 2.98. The number of hydrogen-bond acceptors (Lipinski definition) is 1. The summed E-state index contributed by atoms with van der Waals surface area (Å²) < 4.78 is 0. The van der Waals surface area contributed by atoms with E-state index in [0.29, 0.717) is 6.04 Å². The number of amides is 2. The fourth-order valence-corrected chi connectivity index (χ4v) is 1.85. The molecule has 0 bridgehead atoms. The first-order valence-corrected chi connectivity index (χ1v) is 5.14. The zero-order chi connectivity index (χ0) is 9.84. The van der Waals surface area contributed by atoms with Crippen LogP contribution in [0.5, 0.6) is 0 Å². The van der Waals surface area contributed by atoms with Crippen LogP contribution in [-0.4, -0.2) is 42.5 Å². The van der Waals surface area contributed by atoms with Gasteiger partial charge in [-0.15, -0.1) is 0 Å². The fraction of sp³-hybridized carbons (Fsp3) is 0.900. The SMILES string of the molecule is CCN(C)C(=O)N(C)C1CCCC1. The van der Waals surface area contributed by atoms with Gasteiger partial charge in [-0.1, -0.05) is 12.8 Å². The first kappa shape index (κ1) is 10.4. The molecule has 0 N–H and O–H groups in total. The second-order valence-electron chi connectivity index (χ2n) is 3.85. The van der Waals surface area contributed by atoms with Crippen molar-refractivity contribution in [2.75, 3.05) is 20.6 Å². The Bertz CT molecular complexity index is 176. The molecule has 0 unspecified atom stereocenters. The van der Waals surface area contributed by atoms with Crippen LogP contribution in [0.2, 0.25) is 0 Å². The molecule has 1 saturated carbocycles. The molecule has 1 fully saturated rings. The van der Waals surface area contributed by atoms with Crippen molar-refractivity contribution < 1.29 is 4.79 Å². The van der Waals surface area contributed by atoms with Gasteiger partial charge in [0.05, 0.1) is 0 Å². The first-order valence-electron chi connectivity index (χ1n) is 5.14. The van der Waals surface area contributed by atoms with E-state index in [-0.39, 0.29) is 6.03 Å². The van der Waals surface area contributed by atoms with E-state index in [0.717, 1.165) is 6.54 Å². The minimum Gasteiger partial charge on any atom is -0.328 e. The number of carbonyl (C=O) groups is 1. The van der Waals surface area contributed by atoms with Crippen molar-refractivity contribution in [1.82, 2.24) is 9.80 Å². The molecule has 2 amide bonds. The van der Waals surface area contributed by atoms with E-state index in [1.807, 2.05) is 25.9 Å². The molecule has 3 nitrogen and oxygen atoms in total. The molecule has 76 valence electrons. The Morgan fingerprint density at radius 3 is 2.31 bits per heavy atom. The number of rotatable bonds is 2. The maximum absolute atomic E-state index is 11.7. The number of nitrogens with zero attached hydrogens (tertiary/aromatic N) is 2. The van der Waals surface area contributed by atoms with Crippen molar-refractivity contribution >= 4 is 6.03 Å². The standard InChI is InChI=1S/C10H20N2O/c1-4-11(2)10(13)12(3)9-7-5-6-8-9/h9H,4-8H2,1-3H3. The van der Waals surface area contributed by atoms with Crippen LogP contribution in [0.15, 0.2) is 0 Å². The van der Waals surface area contributed by atoms with Crippen molar-refractivity contribution in [3.8, 4) is 0 Å². The van der Waals surface area contributed by atoms with Crippen molar-refractivity contribution in [1.29, 1.82) is 0 Å². The average molecular weight is 184 g/mol. The third kappa shape index (κ3) is 2.36. The molecule has 0 saturated heterocycles. The highest BCUT2D eigenvalue weighted by Gasteiger charge is 2.24. The number of urea groups is 1. The van der Waals surface area contributed by atoms with Gasteiger partial charge in [-0.2, -0.15) is 0 Å². The third-order valence-corrected chi connectivity index (χ3v) is 2.98. The molecule has 3 heteroatoms. The van der Waals surface area contributed by atoms with Crippen molar-refractivity contribution in [3.05, 3.63) is 0 Å². The maximum Gasteiger partial charge on any atom is 0.319 e. The molecule has 0 aromatic carbocycles. The zero-order valence-corrected chi connectivity index (χ0v) is 8.92. The van der Waals surface area contributed by atoms with Gasteiger partial charge in [0.2, 0.25) is 0 Å². The molecule has 0 heterocycles. The second-order valence-corrected chi connectivity index (χ2v) is 3.85. The van der Waals surface area contributed by atoms with Crippen molar-refractivity contribution in [2.24, 2.45) is 0 Å². The molecule has 0 atom stereocenters. The average Bonchev–Trinajstić information content (AvgIpc) is 2.67. The van der Waals surface area contributed by atoms with Crippen LogP contribution in [-0.2, 0) is 0 Å². The molecular weight excluding hydrogens is 164 g/mol. The topological polar surface area (TPSA) is 23.6 Å². The van der Waals surface area contributed by atoms with Gasteiger partial charge in [-0.3, -0.25) is 0 Å². The van der Waals surface area contributed by atoms with Gasteiger partial charge < -0.3 is 9.80 Å². The highest BCUT2D eigenvalue weighted by atomic mass is 16.2. The molecule has 13 heavy (non-hydrogen) atoms. The van der Waals surface area contributed by atoms with Gasteiger partial charge in [0, 0.05) is 26.7 Å². The summed E-state index contributed by atoms with van der Waals surface area (Å²) in [6.07, 6.45) is 4.91. The predicted octanol–water partition coefficient (Wildman–Crippen LogP) is 1.93. The quantitative estimate of drug-likeness (QED) is 0.643. The molecule has 0 aromatic heterocycles. The van der Waals surface area contributed by atoms with Gasteiger partial charge in [-0.25, -0.2) is 4.79 Å². The molecule has 1 aliphatic carbocycles. The summed E-state index contributed by atoms with van der Waals surface area (Å²) in [6.45, 7) is 2.79. The molecular formula is C10H20N2O.